The van der Waals surface area contributed by atoms with Crippen LogP contribution in [-0.2, 0) is 7.05 Å². The van der Waals surface area contributed by atoms with Gasteiger partial charge in [0.1, 0.15) is 10.8 Å². The van der Waals surface area contributed by atoms with Crippen molar-refractivity contribution in [2.45, 2.75) is 19.9 Å². The van der Waals surface area contributed by atoms with E-state index in [9.17, 15) is 4.79 Å². The zero-order valence-corrected chi connectivity index (χ0v) is 11.5. The van der Waals surface area contributed by atoms with Gasteiger partial charge in [-0.3, -0.25) is 4.79 Å². The van der Waals surface area contributed by atoms with Crippen molar-refractivity contribution in [3.8, 4) is 0 Å². The van der Waals surface area contributed by atoms with Gasteiger partial charge in [0.05, 0.1) is 5.02 Å². The minimum absolute atomic E-state index is 0.00911. The average molecular weight is 279 g/mol. The first kappa shape index (κ1) is 14.4. The Hall–Kier alpha value is -0.710. The lowest BCUT2D eigenvalue weighted by Gasteiger charge is -2.19. The van der Waals surface area contributed by atoms with Crippen molar-refractivity contribution in [1.29, 1.82) is 0 Å². The van der Waals surface area contributed by atoms with Crippen molar-refractivity contribution >= 4 is 29.1 Å². The van der Waals surface area contributed by atoms with E-state index in [0.717, 1.165) is 0 Å². The number of hydrogen-bond acceptors (Lipinski definition) is 2. The normalized spacial score (nSPS) is 14.5. The van der Waals surface area contributed by atoms with E-state index in [1.807, 2.05) is 13.8 Å². The van der Waals surface area contributed by atoms with Crippen molar-refractivity contribution in [2.24, 2.45) is 13.0 Å². The van der Waals surface area contributed by atoms with E-state index in [4.69, 9.17) is 28.3 Å². The lowest BCUT2D eigenvalue weighted by molar-refractivity contribution is 0.0908. The number of nitrogens with one attached hydrogen (secondary N) is 1. The Balaban J connectivity index is 2.80. The molecule has 0 bridgehead atoms. The average Bonchev–Trinajstić information content (AvgIpc) is 2.55. The summed E-state index contributed by atoms with van der Waals surface area (Å²) in [4.78, 5) is 11.9. The minimum Gasteiger partial charge on any atom is -0.396 e. The molecule has 96 valence electrons. The summed E-state index contributed by atoms with van der Waals surface area (Å²) in [6.45, 7) is 3.72. The molecule has 0 saturated carbocycles. The van der Waals surface area contributed by atoms with Crippen LogP contribution in [0.5, 0.6) is 0 Å². The molecular weight excluding hydrogens is 263 g/mol. The predicted octanol–water partition coefficient (Wildman–Crippen LogP) is 2.08. The first-order valence-corrected chi connectivity index (χ1v) is 6.06. The first-order chi connectivity index (χ1) is 7.88. The van der Waals surface area contributed by atoms with Crippen molar-refractivity contribution in [3.63, 3.8) is 0 Å². The van der Waals surface area contributed by atoms with Crippen LogP contribution in [0.1, 0.15) is 24.3 Å². The van der Waals surface area contributed by atoms with Gasteiger partial charge in [0.25, 0.3) is 5.91 Å². The fraction of sp³-hybridized carbons (Fsp3) is 0.545. The largest absolute Gasteiger partial charge is 0.396 e. The van der Waals surface area contributed by atoms with Gasteiger partial charge in [-0.15, -0.1) is 0 Å². The Morgan fingerprint density at radius 2 is 2.12 bits per heavy atom. The van der Waals surface area contributed by atoms with Gasteiger partial charge in [-0.05, 0) is 18.9 Å². The molecule has 4 nitrogen and oxygen atoms in total. The summed E-state index contributed by atoms with van der Waals surface area (Å²) >= 11 is 11.7. The molecule has 1 heterocycles. The van der Waals surface area contributed by atoms with E-state index in [2.05, 4.69) is 5.32 Å². The monoisotopic (exact) mass is 278 g/mol. The second kappa shape index (κ2) is 5.76. The third kappa shape index (κ3) is 3.15. The lowest BCUT2D eigenvalue weighted by atomic mass is 10.1. The predicted molar refractivity (Wildman–Crippen MR) is 68.6 cm³/mol. The molecule has 6 heteroatoms. The van der Waals surface area contributed by atoms with Gasteiger partial charge >= 0.3 is 0 Å². The first-order valence-electron chi connectivity index (χ1n) is 5.31. The molecular formula is C11H16Cl2N2O2. The molecule has 0 aromatic carbocycles. The van der Waals surface area contributed by atoms with Crippen LogP contribution in [0.3, 0.4) is 0 Å². The van der Waals surface area contributed by atoms with E-state index >= 15 is 0 Å². The molecule has 1 aromatic heterocycles. The molecule has 0 saturated heterocycles. The molecule has 2 unspecified atom stereocenters. The number of carbonyl (C=O) groups is 1. The minimum atomic E-state index is -0.255. The number of aromatic nitrogens is 1. The zero-order chi connectivity index (χ0) is 13.2. The standard InChI is InChI=1S/C11H16Cl2N2O2/c1-6(5-16)7(2)14-11(17)9-4-8(12)10(13)15(9)3/h4,6-7,16H,5H2,1-3H3,(H,14,17). The molecule has 0 aliphatic carbocycles. The van der Waals surface area contributed by atoms with Crippen molar-refractivity contribution < 1.29 is 9.90 Å². The molecule has 0 fully saturated rings. The summed E-state index contributed by atoms with van der Waals surface area (Å²) in [5.74, 6) is -0.265. The summed E-state index contributed by atoms with van der Waals surface area (Å²) < 4.78 is 1.52. The van der Waals surface area contributed by atoms with Gasteiger partial charge in [0.2, 0.25) is 0 Å². The molecule has 1 amide bonds. The van der Waals surface area contributed by atoms with Crippen LogP contribution in [0, 0.1) is 5.92 Å². The number of halogens is 2. The number of amides is 1. The Kier molecular flexibility index (Phi) is 4.86. The molecule has 1 aromatic rings. The smallest absolute Gasteiger partial charge is 0.268 e. The second-order valence-electron chi connectivity index (χ2n) is 4.15. The van der Waals surface area contributed by atoms with E-state index in [1.54, 1.807) is 7.05 Å². The van der Waals surface area contributed by atoms with E-state index in [0.29, 0.717) is 15.9 Å². The SMILES string of the molecule is CC(CO)C(C)NC(=O)c1cc(Cl)c(Cl)n1C. The fourth-order valence-electron chi connectivity index (χ4n) is 1.34. The number of aliphatic hydroxyl groups excluding tert-OH is 1. The van der Waals surface area contributed by atoms with Crippen LogP contribution in [0.4, 0.5) is 0 Å². The van der Waals surface area contributed by atoms with Gasteiger partial charge < -0.3 is 15.0 Å². The maximum atomic E-state index is 11.9. The van der Waals surface area contributed by atoms with Crippen LogP contribution in [0.25, 0.3) is 0 Å². The number of carbonyl (C=O) groups excluding carboxylic acids is 1. The Morgan fingerprint density at radius 1 is 1.53 bits per heavy atom. The van der Waals surface area contributed by atoms with E-state index < -0.39 is 0 Å². The van der Waals surface area contributed by atoms with Crippen molar-refractivity contribution in [1.82, 2.24) is 9.88 Å². The third-order valence-electron chi connectivity index (χ3n) is 2.85. The van der Waals surface area contributed by atoms with E-state index in [-0.39, 0.29) is 24.5 Å². The molecule has 0 spiro atoms. The quantitative estimate of drug-likeness (QED) is 0.886. The van der Waals surface area contributed by atoms with Crippen LogP contribution >= 0.6 is 23.2 Å². The van der Waals surface area contributed by atoms with Crippen molar-refractivity contribution in [2.75, 3.05) is 6.61 Å². The Labute approximate surface area is 111 Å². The van der Waals surface area contributed by atoms with Crippen LogP contribution < -0.4 is 5.32 Å². The molecule has 1 rings (SSSR count). The number of rotatable bonds is 4. The fourth-order valence-corrected chi connectivity index (χ4v) is 1.72. The molecule has 17 heavy (non-hydrogen) atoms. The Bertz CT molecular complexity index is 418. The molecule has 0 aliphatic heterocycles. The maximum absolute atomic E-state index is 11.9. The summed E-state index contributed by atoms with van der Waals surface area (Å²) in [6.07, 6.45) is 0. The topological polar surface area (TPSA) is 54.3 Å². The molecule has 2 N–H and O–H groups in total. The maximum Gasteiger partial charge on any atom is 0.268 e. The highest BCUT2D eigenvalue weighted by molar-refractivity contribution is 6.41. The highest BCUT2D eigenvalue weighted by atomic mass is 35.5. The number of hydrogen-bond donors (Lipinski definition) is 2. The second-order valence-corrected chi connectivity index (χ2v) is 4.91. The highest BCUT2D eigenvalue weighted by Gasteiger charge is 2.19. The Morgan fingerprint density at radius 3 is 2.53 bits per heavy atom. The van der Waals surface area contributed by atoms with Crippen molar-refractivity contribution in [3.05, 3.63) is 21.9 Å². The number of aliphatic hydroxyl groups is 1. The third-order valence-corrected chi connectivity index (χ3v) is 3.69. The van der Waals surface area contributed by atoms with Gasteiger partial charge in [-0.25, -0.2) is 0 Å². The van der Waals surface area contributed by atoms with Gasteiger partial charge in [-0.1, -0.05) is 30.1 Å². The summed E-state index contributed by atoms with van der Waals surface area (Å²) in [5.41, 5.74) is 0.400. The van der Waals surface area contributed by atoms with E-state index in [1.165, 1.54) is 10.6 Å². The molecule has 2 atom stereocenters. The highest BCUT2D eigenvalue weighted by Crippen LogP contribution is 2.25. The number of nitrogens with zero attached hydrogens (tertiary/aromatic N) is 1. The van der Waals surface area contributed by atoms with Gasteiger partial charge in [0, 0.05) is 19.7 Å². The van der Waals surface area contributed by atoms with Crippen LogP contribution in [-0.4, -0.2) is 28.2 Å². The van der Waals surface area contributed by atoms with Gasteiger partial charge in [-0.2, -0.15) is 0 Å². The summed E-state index contributed by atoms with van der Waals surface area (Å²) in [5, 5.41) is 12.5. The zero-order valence-electron chi connectivity index (χ0n) is 10.00. The summed E-state index contributed by atoms with van der Waals surface area (Å²) in [7, 11) is 1.67. The summed E-state index contributed by atoms with van der Waals surface area (Å²) in [6, 6.07) is 1.40. The van der Waals surface area contributed by atoms with Crippen LogP contribution in [0.2, 0.25) is 10.2 Å². The van der Waals surface area contributed by atoms with Crippen LogP contribution in [0.15, 0.2) is 6.07 Å². The molecule has 0 aliphatic rings. The van der Waals surface area contributed by atoms with Gasteiger partial charge in [0.15, 0.2) is 0 Å². The lowest BCUT2D eigenvalue weighted by Crippen LogP contribution is -2.39. The molecule has 0 radical (unpaired) electrons.